The Kier molecular flexibility index (Phi) is 8.27. The topological polar surface area (TPSA) is 73.9 Å². The molecular weight excluding hydrogens is 370 g/mol. The van der Waals surface area contributed by atoms with Crippen LogP contribution in [0.1, 0.15) is 30.5 Å². The number of methoxy groups -OCH3 is 2. The van der Waals surface area contributed by atoms with Crippen LogP contribution in [-0.2, 0) is 27.2 Å². The Balaban J connectivity index is 1.96. The molecule has 29 heavy (non-hydrogen) atoms. The van der Waals surface area contributed by atoms with Gasteiger partial charge in [0.25, 0.3) is 5.91 Å². The second kappa shape index (κ2) is 10.9. The summed E-state index contributed by atoms with van der Waals surface area (Å²) in [5.41, 5.74) is 3.60. The quantitative estimate of drug-likeness (QED) is 0.511. The van der Waals surface area contributed by atoms with Crippen LogP contribution in [0.5, 0.6) is 11.5 Å². The highest BCUT2D eigenvalue weighted by molar-refractivity contribution is 5.95. The van der Waals surface area contributed by atoms with E-state index in [9.17, 15) is 9.59 Å². The van der Waals surface area contributed by atoms with E-state index in [-0.39, 0.29) is 12.5 Å². The van der Waals surface area contributed by atoms with Gasteiger partial charge in [-0.2, -0.15) is 0 Å². The van der Waals surface area contributed by atoms with Gasteiger partial charge in [0.2, 0.25) is 0 Å². The molecule has 2 rings (SSSR count). The molecule has 6 nitrogen and oxygen atoms in total. The third kappa shape index (κ3) is 6.10. The second-order valence-corrected chi connectivity index (χ2v) is 6.26. The molecule has 0 fully saturated rings. The molecule has 0 aliphatic rings. The van der Waals surface area contributed by atoms with Gasteiger partial charge in [0.15, 0.2) is 6.61 Å². The molecule has 0 saturated heterocycles. The maximum atomic E-state index is 12.3. The van der Waals surface area contributed by atoms with Crippen LogP contribution < -0.4 is 14.8 Å². The molecule has 0 aromatic heterocycles. The van der Waals surface area contributed by atoms with Crippen molar-refractivity contribution < 1.29 is 23.8 Å². The first-order valence-electron chi connectivity index (χ1n) is 9.49. The zero-order valence-corrected chi connectivity index (χ0v) is 17.3. The summed E-state index contributed by atoms with van der Waals surface area (Å²) in [4.78, 5) is 24.2. The largest absolute Gasteiger partial charge is 0.497 e. The van der Waals surface area contributed by atoms with Crippen LogP contribution in [0.3, 0.4) is 0 Å². The molecule has 0 unspecified atom stereocenters. The SMILES string of the molecule is CCc1cccc(CC)c1NC(=O)COC(=O)C=Cc1ccc(OC)cc1OC. The van der Waals surface area contributed by atoms with Crippen LogP contribution in [0.2, 0.25) is 0 Å². The Labute approximate surface area is 171 Å². The maximum Gasteiger partial charge on any atom is 0.331 e. The lowest BCUT2D eigenvalue weighted by molar-refractivity contribution is -0.142. The smallest absolute Gasteiger partial charge is 0.331 e. The van der Waals surface area contributed by atoms with E-state index in [0.29, 0.717) is 17.1 Å². The average molecular weight is 397 g/mol. The lowest BCUT2D eigenvalue weighted by Gasteiger charge is -2.14. The molecule has 1 N–H and O–H groups in total. The Morgan fingerprint density at radius 1 is 1.00 bits per heavy atom. The second-order valence-electron chi connectivity index (χ2n) is 6.26. The molecule has 0 heterocycles. The van der Waals surface area contributed by atoms with Crippen LogP contribution in [-0.4, -0.2) is 32.7 Å². The summed E-state index contributed by atoms with van der Waals surface area (Å²) in [5, 5.41) is 2.87. The summed E-state index contributed by atoms with van der Waals surface area (Å²) in [6, 6.07) is 11.2. The van der Waals surface area contributed by atoms with E-state index in [1.54, 1.807) is 31.4 Å². The highest BCUT2D eigenvalue weighted by Crippen LogP contribution is 2.25. The summed E-state index contributed by atoms with van der Waals surface area (Å²) in [7, 11) is 3.10. The standard InChI is InChI=1S/C23H27NO5/c1-5-16-8-7-9-17(6-2)23(16)24-21(25)15-29-22(26)13-11-18-10-12-19(27-3)14-20(18)28-4/h7-14H,5-6,15H2,1-4H3,(H,24,25). The maximum absolute atomic E-state index is 12.3. The third-order valence-corrected chi connectivity index (χ3v) is 4.45. The van der Waals surface area contributed by atoms with Crippen LogP contribution >= 0.6 is 0 Å². The summed E-state index contributed by atoms with van der Waals surface area (Å²) < 4.78 is 15.5. The van der Waals surface area contributed by atoms with Crippen molar-refractivity contribution in [3.05, 3.63) is 59.2 Å². The van der Waals surface area contributed by atoms with E-state index in [1.807, 2.05) is 32.0 Å². The molecule has 0 aliphatic heterocycles. The van der Waals surface area contributed by atoms with Gasteiger partial charge in [-0.3, -0.25) is 4.79 Å². The Morgan fingerprint density at radius 3 is 2.28 bits per heavy atom. The van der Waals surface area contributed by atoms with Crippen molar-refractivity contribution in [3.8, 4) is 11.5 Å². The number of carbonyl (C=O) groups is 2. The molecule has 0 saturated carbocycles. The number of carbonyl (C=O) groups excluding carboxylic acids is 2. The van der Waals surface area contributed by atoms with Gasteiger partial charge >= 0.3 is 5.97 Å². The first kappa shape index (κ1) is 22.0. The minimum absolute atomic E-state index is 0.357. The number of hydrogen-bond acceptors (Lipinski definition) is 5. The molecule has 0 spiro atoms. The van der Waals surface area contributed by atoms with Crippen molar-refractivity contribution in [1.82, 2.24) is 0 Å². The fraction of sp³-hybridized carbons (Fsp3) is 0.304. The van der Waals surface area contributed by atoms with Gasteiger partial charge in [-0.15, -0.1) is 0 Å². The lowest BCUT2D eigenvalue weighted by atomic mass is 10.0. The Hall–Kier alpha value is -3.28. The Bertz CT molecular complexity index is 867. The molecule has 154 valence electrons. The number of hydrogen-bond donors (Lipinski definition) is 1. The number of benzene rings is 2. The zero-order valence-electron chi connectivity index (χ0n) is 17.3. The van der Waals surface area contributed by atoms with Crippen molar-refractivity contribution >= 4 is 23.6 Å². The van der Waals surface area contributed by atoms with Crippen molar-refractivity contribution in [2.75, 3.05) is 26.1 Å². The van der Waals surface area contributed by atoms with Crippen molar-refractivity contribution in [3.63, 3.8) is 0 Å². The van der Waals surface area contributed by atoms with Gasteiger partial charge in [0, 0.05) is 23.4 Å². The molecular formula is C23H27NO5. The number of rotatable bonds is 9. The van der Waals surface area contributed by atoms with Crippen LogP contribution in [0.25, 0.3) is 6.08 Å². The number of nitrogens with one attached hydrogen (secondary N) is 1. The monoisotopic (exact) mass is 397 g/mol. The zero-order chi connectivity index (χ0) is 21.2. The van der Waals surface area contributed by atoms with Crippen molar-refractivity contribution in [2.45, 2.75) is 26.7 Å². The molecule has 0 atom stereocenters. The fourth-order valence-electron chi connectivity index (χ4n) is 2.88. The number of anilines is 1. The van der Waals surface area contributed by atoms with Gasteiger partial charge < -0.3 is 19.5 Å². The highest BCUT2D eigenvalue weighted by Gasteiger charge is 2.11. The molecule has 2 aromatic carbocycles. The summed E-state index contributed by atoms with van der Waals surface area (Å²) in [5.74, 6) is 0.230. The van der Waals surface area contributed by atoms with Crippen molar-refractivity contribution in [1.29, 1.82) is 0 Å². The number of amides is 1. The Morgan fingerprint density at radius 2 is 1.69 bits per heavy atom. The lowest BCUT2D eigenvalue weighted by Crippen LogP contribution is -2.21. The number of esters is 1. The summed E-state index contributed by atoms with van der Waals surface area (Å²) >= 11 is 0. The molecule has 0 bridgehead atoms. The van der Waals surface area contributed by atoms with E-state index in [0.717, 1.165) is 29.7 Å². The molecule has 0 aliphatic carbocycles. The van der Waals surface area contributed by atoms with E-state index in [4.69, 9.17) is 14.2 Å². The first-order valence-corrected chi connectivity index (χ1v) is 9.49. The van der Waals surface area contributed by atoms with Crippen molar-refractivity contribution in [2.24, 2.45) is 0 Å². The fourth-order valence-corrected chi connectivity index (χ4v) is 2.88. The predicted octanol–water partition coefficient (Wildman–Crippen LogP) is 4.02. The van der Waals surface area contributed by atoms with Gasteiger partial charge in [-0.05, 0) is 42.2 Å². The van der Waals surface area contributed by atoms with Crippen LogP contribution in [0, 0.1) is 0 Å². The molecule has 2 aromatic rings. The van der Waals surface area contributed by atoms with E-state index in [1.165, 1.54) is 13.2 Å². The summed E-state index contributed by atoms with van der Waals surface area (Å²) in [6.07, 6.45) is 4.43. The minimum atomic E-state index is -0.613. The predicted molar refractivity (Wildman–Crippen MR) is 113 cm³/mol. The molecule has 0 radical (unpaired) electrons. The summed E-state index contributed by atoms with van der Waals surface area (Å²) in [6.45, 7) is 3.70. The minimum Gasteiger partial charge on any atom is -0.497 e. The average Bonchev–Trinajstić information content (AvgIpc) is 2.76. The van der Waals surface area contributed by atoms with E-state index in [2.05, 4.69) is 5.32 Å². The van der Waals surface area contributed by atoms with Gasteiger partial charge in [0.1, 0.15) is 11.5 Å². The normalized spacial score (nSPS) is 10.6. The van der Waals surface area contributed by atoms with E-state index >= 15 is 0 Å². The van der Waals surface area contributed by atoms with Gasteiger partial charge in [-0.1, -0.05) is 32.0 Å². The first-order chi connectivity index (χ1) is 14.0. The number of para-hydroxylation sites is 1. The van der Waals surface area contributed by atoms with Crippen LogP contribution in [0.4, 0.5) is 5.69 Å². The molecule has 1 amide bonds. The van der Waals surface area contributed by atoms with Crippen LogP contribution in [0.15, 0.2) is 42.5 Å². The van der Waals surface area contributed by atoms with Gasteiger partial charge in [0.05, 0.1) is 14.2 Å². The molecule has 6 heteroatoms. The number of aryl methyl sites for hydroxylation is 2. The van der Waals surface area contributed by atoms with Gasteiger partial charge in [-0.25, -0.2) is 4.79 Å². The highest BCUT2D eigenvalue weighted by atomic mass is 16.5. The number of ether oxygens (including phenoxy) is 3. The third-order valence-electron chi connectivity index (χ3n) is 4.45. The van der Waals surface area contributed by atoms with E-state index < -0.39 is 5.97 Å².